The SMILES string of the molecule is CC(NC1CS(=O)(=O)C1)C(=O)O. The van der Waals surface area contributed by atoms with Crippen molar-refractivity contribution in [2.75, 3.05) is 11.5 Å². The second kappa shape index (κ2) is 3.02. The van der Waals surface area contributed by atoms with Crippen molar-refractivity contribution in [1.82, 2.24) is 5.32 Å². The van der Waals surface area contributed by atoms with Crippen LogP contribution < -0.4 is 5.32 Å². The Balaban J connectivity index is 2.32. The number of carboxylic acid groups (broad SMARTS) is 1. The topological polar surface area (TPSA) is 83.5 Å². The lowest BCUT2D eigenvalue weighted by Gasteiger charge is -2.28. The second-order valence-electron chi connectivity index (χ2n) is 3.00. The zero-order valence-electron chi connectivity index (χ0n) is 6.65. The number of nitrogens with one attached hydrogen (secondary N) is 1. The van der Waals surface area contributed by atoms with Gasteiger partial charge < -0.3 is 5.11 Å². The fraction of sp³-hybridized carbons (Fsp3) is 0.833. The van der Waals surface area contributed by atoms with E-state index >= 15 is 0 Å². The van der Waals surface area contributed by atoms with Crippen molar-refractivity contribution in [3.05, 3.63) is 0 Å². The van der Waals surface area contributed by atoms with Crippen LogP contribution in [0, 0.1) is 0 Å². The lowest BCUT2D eigenvalue weighted by atomic mass is 10.3. The molecule has 1 aliphatic rings. The van der Waals surface area contributed by atoms with Crippen molar-refractivity contribution in [3.8, 4) is 0 Å². The first-order valence-electron chi connectivity index (χ1n) is 3.60. The third-order valence-electron chi connectivity index (χ3n) is 1.77. The van der Waals surface area contributed by atoms with Gasteiger partial charge in [0.2, 0.25) is 0 Å². The van der Waals surface area contributed by atoms with Gasteiger partial charge in [-0.1, -0.05) is 0 Å². The van der Waals surface area contributed by atoms with Gasteiger partial charge >= 0.3 is 5.97 Å². The largest absolute Gasteiger partial charge is 0.480 e. The Kier molecular flexibility index (Phi) is 2.39. The summed E-state index contributed by atoms with van der Waals surface area (Å²) in [4.78, 5) is 10.3. The summed E-state index contributed by atoms with van der Waals surface area (Å²) >= 11 is 0. The van der Waals surface area contributed by atoms with E-state index in [1.54, 1.807) is 0 Å². The summed E-state index contributed by atoms with van der Waals surface area (Å²) < 4.78 is 21.3. The highest BCUT2D eigenvalue weighted by atomic mass is 32.2. The van der Waals surface area contributed by atoms with Gasteiger partial charge in [0.05, 0.1) is 11.5 Å². The molecule has 1 heterocycles. The van der Waals surface area contributed by atoms with Crippen molar-refractivity contribution < 1.29 is 18.3 Å². The number of carboxylic acids is 1. The monoisotopic (exact) mass is 193 g/mol. The Morgan fingerprint density at radius 3 is 2.42 bits per heavy atom. The number of hydrogen-bond donors (Lipinski definition) is 2. The Bertz CT molecular complexity index is 272. The summed E-state index contributed by atoms with van der Waals surface area (Å²) in [5.74, 6) is -0.839. The molecule has 0 amide bonds. The Morgan fingerprint density at radius 1 is 1.58 bits per heavy atom. The third-order valence-corrected chi connectivity index (χ3v) is 3.59. The molecule has 6 heteroatoms. The zero-order chi connectivity index (χ0) is 9.35. The van der Waals surface area contributed by atoms with Gasteiger partial charge in [-0.3, -0.25) is 10.1 Å². The molecule has 12 heavy (non-hydrogen) atoms. The molecule has 0 spiro atoms. The van der Waals surface area contributed by atoms with Gasteiger partial charge in [0.1, 0.15) is 6.04 Å². The van der Waals surface area contributed by atoms with Gasteiger partial charge in [-0.2, -0.15) is 0 Å². The van der Waals surface area contributed by atoms with Crippen molar-refractivity contribution in [2.45, 2.75) is 19.0 Å². The lowest BCUT2D eigenvalue weighted by molar-refractivity contribution is -0.139. The minimum absolute atomic E-state index is 0.0601. The zero-order valence-corrected chi connectivity index (χ0v) is 7.47. The molecule has 1 rings (SSSR count). The van der Waals surface area contributed by atoms with E-state index in [4.69, 9.17) is 5.11 Å². The van der Waals surface area contributed by atoms with Crippen LogP contribution in [0.3, 0.4) is 0 Å². The highest BCUT2D eigenvalue weighted by Gasteiger charge is 2.34. The van der Waals surface area contributed by atoms with Gasteiger partial charge in [0, 0.05) is 6.04 Å². The predicted octanol–water partition coefficient (Wildman–Crippen LogP) is -1.15. The molecule has 2 N–H and O–H groups in total. The molecule has 0 aromatic carbocycles. The molecule has 1 atom stereocenters. The molecular formula is C6H11NO4S. The molecule has 0 radical (unpaired) electrons. The molecule has 0 aromatic heterocycles. The van der Waals surface area contributed by atoms with E-state index in [0.29, 0.717) is 0 Å². The van der Waals surface area contributed by atoms with Crippen LogP contribution in [-0.4, -0.2) is 43.1 Å². The van der Waals surface area contributed by atoms with E-state index in [0.717, 1.165) is 0 Å². The molecule has 70 valence electrons. The number of rotatable bonds is 3. The molecule has 1 aliphatic heterocycles. The normalized spacial score (nSPS) is 24.4. The van der Waals surface area contributed by atoms with E-state index in [1.165, 1.54) is 6.92 Å². The maximum atomic E-state index is 10.7. The molecule has 1 saturated heterocycles. The molecule has 0 bridgehead atoms. The second-order valence-corrected chi connectivity index (χ2v) is 5.15. The summed E-state index contributed by atoms with van der Waals surface area (Å²) in [5.41, 5.74) is 0. The van der Waals surface area contributed by atoms with Crippen molar-refractivity contribution in [1.29, 1.82) is 0 Å². The first-order chi connectivity index (χ1) is 5.41. The summed E-state index contributed by atoms with van der Waals surface area (Å²) in [6, 6.07) is -0.855. The smallest absolute Gasteiger partial charge is 0.320 e. The van der Waals surface area contributed by atoms with Crippen molar-refractivity contribution >= 4 is 15.8 Å². The fourth-order valence-corrected chi connectivity index (χ4v) is 2.41. The predicted molar refractivity (Wildman–Crippen MR) is 42.7 cm³/mol. The minimum Gasteiger partial charge on any atom is -0.480 e. The van der Waals surface area contributed by atoms with Gasteiger partial charge in [-0.05, 0) is 6.92 Å². The molecular weight excluding hydrogens is 182 g/mol. The van der Waals surface area contributed by atoms with Crippen LogP contribution in [0.4, 0.5) is 0 Å². The Morgan fingerprint density at radius 2 is 2.08 bits per heavy atom. The number of hydrogen-bond acceptors (Lipinski definition) is 4. The van der Waals surface area contributed by atoms with Crippen molar-refractivity contribution in [3.63, 3.8) is 0 Å². The third kappa shape index (κ3) is 2.18. The van der Waals surface area contributed by atoms with Crippen LogP contribution in [0.15, 0.2) is 0 Å². The summed E-state index contributed by atoms with van der Waals surface area (Å²) in [6.45, 7) is 1.49. The van der Waals surface area contributed by atoms with Crippen LogP contribution in [0.25, 0.3) is 0 Å². The molecule has 1 fully saturated rings. The Labute approximate surface area is 70.7 Å². The number of sulfone groups is 1. The number of aliphatic carboxylic acids is 1. The van der Waals surface area contributed by atoms with Gasteiger partial charge in [-0.15, -0.1) is 0 Å². The van der Waals surface area contributed by atoms with Crippen molar-refractivity contribution in [2.24, 2.45) is 0 Å². The first-order valence-corrected chi connectivity index (χ1v) is 5.42. The maximum Gasteiger partial charge on any atom is 0.320 e. The standard InChI is InChI=1S/C6H11NO4S/c1-4(6(8)9)7-5-2-12(10,11)3-5/h4-5,7H,2-3H2,1H3,(H,8,9). The molecule has 1 unspecified atom stereocenters. The van der Waals surface area contributed by atoms with Crippen LogP contribution in [0.2, 0.25) is 0 Å². The highest BCUT2D eigenvalue weighted by Crippen LogP contribution is 2.10. The maximum absolute atomic E-state index is 10.7. The van der Waals surface area contributed by atoms with Crippen LogP contribution >= 0.6 is 0 Å². The summed E-state index contributed by atoms with van der Waals surface area (Å²) in [5, 5.41) is 11.2. The number of carbonyl (C=O) groups is 1. The average molecular weight is 193 g/mol. The van der Waals surface area contributed by atoms with E-state index < -0.39 is 21.8 Å². The van der Waals surface area contributed by atoms with Crippen LogP contribution in [-0.2, 0) is 14.6 Å². The fourth-order valence-electron chi connectivity index (χ4n) is 1.09. The quantitative estimate of drug-likeness (QED) is 0.591. The van der Waals surface area contributed by atoms with E-state index in [2.05, 4.69) is 5.32 Å². The highest BCUT2D eigenvalue weighted by molar-refractivity contribution is 7.92. The summed E-state index contributed by atoms with van der Waals surface area (Å²) in [7, 11) is -2.86. The summed E-state index contributed by atoms with van der Waals surface area (Å²) in [6.07, 6.45) is 0. The van der Waals surface area contributed by atoms with Gasteiger partial charge in [0.25, 0.3) is 0 Å². The molecule has 0 aromatic rings. The van der Waals surface area contributed by atoms with E-state index in [1.807, 2.05) is 0 Å². The first kappa shape index (κ1) is 9.47. The van der Waals surface area contributed by atoms with Gasteiger partial charge in [-0.25, -0.2) is 8.42 Å². The minimum atomic E-state index is -2.86. The average Bonchev–Trinajstić information content (AvgIpc) is 1.83. The van der Waals surface area contributed by atoms with Gasteiger partial charge in [0.15, 0.2) is 9.84 Å². The van der Waals surface area contributed by atoms with Crippen LogP contribution in [0.1, 0.15) is 6.92 Å². The molecule has 0 saturated carbocycles. The lowest BCUT2D eigenvalue weighted by Crippen LogP contribution is -2.55. The molecule has 0 aliphatic carbocycles. The Hall–Kier alpha value is -0.620. The van der Waals surface area contributed by atoms with E-state index in [9.17, 15) is 13.2 Å². The van der Waals surface area contributed by atoms with E-state index in [-0.39, 0.29) is 17.5 Å². The molecule has 5 nitrogen and oxygen atoms in total. The van der Waals surface area contributed by atoms with Crippen LogP contribution in [0.5, 0.6) is 0 Å².